The van der Waals surface area contributed by atoms with Crippen molar-refractivity contribution in [3.05, 3.63) is 88.8 Å². The van der Waals surface area contributed by atoms with Crippen LogP contribution in [0.3, 0.4) is 0 Å². The number of imide groups is 1. The molecule has 18 heteroatoms. The van der Waals surface area contributed by atoms with Crippen molar-refractivity contribution in [1.82, 2.24) is 40.6 Å². The number of nitrogens with zero attached hydrogens (tertiary/aromatic N) is 8. The van der Waals surface area contributed by atoms with Gasteiger partial charge in [-0.25, -0.2) is 9.78 Å². The van der Waals surface area contributed by atoms with E-state index in [1.807, 2.05) is 86.5 Å². The van der Waals surface area contributed by atoms with Crippen LogP contribution in [0, 0.1) is 5.41 Å². The summed E-state index contributed by atoms with van der Waals surface area (Å²) in [5.74, 6) is 1.29. The third-order valence-corrected chi connectivity index (χ3v) is 12.7. The quantitative estimate of drug-likeness (QED) is 0.114. The van der Waals surface area contributed by atoms with Gasteiger partial charge in [-0.3, -0.25) is 39.6 Å². The van der Waals surface area contributed by atoms with Crippen molar-refractivity contribution in [2.75, 3.05) is 86.7 Å². The van der Waals surface area contributed by atoms with Gasteiger partial charge in [0.05, 0.1) is 15.6 Å². The molecule has 6 heterocycles. The molecule has 0 aliphatic carbocycles. The largest absolute Gasteiger partial charge is 0.486 e. The Labute approximate surface area is 382 Å². The number of urea groups is 1. The van der Waals surface area contributed by atoms with E-state index in [0.29, 0.717) is 80.0 Å². The molecule has 0 radical (unpaired) electrons. The second-order valence-corrected chi connectivity index (χ2v) is 18.1. The van der Waals surface area contributed by atoms with E-state index in [1.54, 1.807) is 17.3 Å². The van der Waals surface area contributed by atoms with Crippen LogP contribution >= 0.6 is 23.2 Å². The molecule has 3 aliphatic rings. The zero-order valence-electron chi connectivity index (χ0n) is 36.3. The van der Waals surface area contributed by atoms with Crippen LogP contribution in [0.4, 0.5) is 22.0 Å². The molecule has 3 N–H and O–H groups in total. The first-order valence-electron chi connectivity index (χ1n) is 21.7. The molecule has 5 aromatic rings. The van der Waals surface area contributed by atoms with Gasteiger partial charge in [0, 0.05) is 138 Å². The topological polar surface area (TPSA) is 172 Å². The number of benzene rings is 2. The molecule has 1 atom stereocenters. The molecule has 3 saturated heterocycles. The highest BCUT2D eigenvalue weighted by atomic mass is 35.5. The summed E-state index contributed by atoms with van der Waals surface area (Å²) in [5.41, 5.74) is 4.58. The number of carbonyl (C=O) groups excluding carboxylic acids is 4. The van der Waals surface area contributed by atoms with Crippen LogP contribution in [0.15, 0.2) is 73.2 Å². The number of hydrogen-bond donors (Lipinski definition) is 3. The van der Waals surface area contributed by atoms with Crippen LogP contribution in [0.5, 0.6) is 5.75 Å². The van der Waals surface area contributed by atoms with Gasteiger partial charge in [-0.1, -0.05) is 37.0 Å². The summed E-state index contributed by atoms with van der Waals surface area (Å²) in [6.07, 6.45) is 5.53. The van der Waals surface area contributed by atoms with Gasteiger partial charge in [0.1, 0.15) is 23.4 Å². The van der Waals surface area contributed by atoms with Gasteiger partial charge >= 0.3 is 6.03 Å². The molecule has 16 nitrogen and oxygen atoms in total. The Morgan fingerprint density at radius 1 is 0.859 bits per heavy atom. The molecule has 336 valence electrons. The summed E-state index contributed by atoms with van der Waals surface area (Å²) in [4.78, 5) is 69.1. The van der Waals surface area contributed by atoms with E-state index in [4.69, 9.17) is 32.9 Å². The lowest BCUT2D eigenvalue weighted by Gasteiger charge is -2.37. The maximum Gasteiger partial charge on any atom is 0.328 e. The van der Waals surface area contributed by atoms with Crippen molar-refractivity contribution in [2.45, 2.75) is 46.1 Å². The Hall–Kier alpha value is -5.97. The molecule has 8 rings (SSSR count). The van der Waals surface area contributed by atoms with E-state index in [-0.39, 0.29) is 24.1 Å². The minimum absolute atomic E-state index is 0.0172. The normalized spacial score (nSPS) is 16.8. The molecular formula is C46H53Cl2N11O5. The zero-order valence-corrected chi connectivity index (χ0v) is 37.8. The number of hydrogen-bond acceptors (Lipinski definition) is 11. The maximum absolute atomic E-state index is 13.4. The highest BCUT2D eigenvalue weighted by Crippen LogP contribution is 2.35. The van der Waals surface area contributed by atoms with E-state index in [2.05, 4.69) is 40.5 Å². The number of aromatic amines is 1. The molecular weight excluding hydrogens is 857 g/mol. The number of fused-ring (bicyclic) bond motifs is 1. The van der Waals surface area contributed by atoms with Gasteiger partial charge in [-0.2, -0.15) is 5.10 Å². The van der Waals surface area contributed by atoms with Gasteiger partial charge in [0.15, 0.2) is 0 Å². The summed E-state index contributed by atoms with van der Waals surface area (Å²) in [6, 6.07) is 17.2. The fraction of sp³-hybridized carbons (Fsp3) is 0.413. The van der Waals surface area contributed by atoms with Crippen molar-refractivity contribution in [1.29, 1.82) is 0 Å². The first-order chi connectivity index (χ1) is 30.8. The monoisotopic (exact) mass is 909 g/mol. The van der Waals surface area contributed by atoms with Crippen LogP contribution in [0.1, 0.15) is 51.7 Å². The predicted molar refractivity (Wildman–Crippen MR) is 248 cm³/mol. The van der Waals surface area contributed by atoms with E-state index in [9.17, 15) is 19.2 Å². The number of carbonyl (C=O) groups is 4. The van der Waals surface area contributed by atoms with E-state index in [1.165, 1.54) is 0 Å². The zero-order chi connectivity index (χ0) is 45.0. The lowest BCUT2D eigenvalue weighted by atomic mass is 9.88. The second-order valence-electron chi connectivity index (χ2n) is 17.3. The number of H-pyrrole nitrogens is 1. The summed E-state index contributed by atoms with van der Waals surface area (Å²) >= 11 is 12.7. The highest BCUT2D eigenvalue weighted by molar-refractivity contribution is 6.35. The van der Waals surface area contributed by atoms with E-state index >= 15 is 0 Å². The van der Waals surface area contributed by atoms with Gasteiger partial charge in [-0.05, 0) is 66.9 Å². The summed E-state index contributed by atoms with van der Waals surface area (Å²) in [6.45, 7) is 13.2. The number of anilines is 3. The first kappa shape index (κ1) is 44.6. The summed E-state index contributed by atoms with van der Waals surface area (Å²) in [7, 11) is 0. The molecule has 0 unspecified atom stereocenters. The lowest BCUT2D eigenvalue weighted by molar-refractivity contribution is -0.134. The second kappa shape index (κ2) is 19.4. The average molecular weight is 911 g/mol. The van der Waals surface area contributed by atoms with Gasteiger partial charge in [-0.15, -0.1) is 0 Å². The number of amides is 5. The van der Waals surface area contributed by atoms with Crippen molar-refractivity contribution in [3.63, 3.8) is 0 Å². The van der Waals surface area contributed by atoms with Crippen LogP contribution < -0.4 is 30.1 Å². The van der Waals surface area contributed by atoms with E-state index in [0.717, 1.165) is 65.5 Å². The first-order valence-corrected chi connectivity index (χ1v) is 22.4. The SMILES string of the molecule is C[C@@H](Oc1ccc2[nH]nc(-c3ccc(N4CCN(C(=O)CC(C)(C)CNC(=O)CCN5CCN(c6ccc(N7CCC(=O)NC7=O)cc6)CC5)CC4)nc3)c2c1)c1c(Cl)cncc1Cl. The number of aromatic nitrogens is 4. The lowest BCUT2D eigenvalue weighted by Crippen LogP contribution is -2.50. The fourth-order valence-electron chi connectivity index (χ4n) is 8.41. The number of piperazine rings is 2. The van der Waals surface area contributed by atoms with Crippen LogP contribution in [0.25, 0.3) is 22.2 Å². The maximum atomic E-state index is 13.4. The highest BCUT2D eigenvalue weighted by Gasteiger charge is 2.29. The Bertz CT molecular complexity index is 2460. The molecule has 0 saturated carbocycles. The number of nitrogens with one attached hydrogen (secondary N) is 3. The predicted octanol–water partition coefficient (Wildman–Crippen LogP) is 6.31. The van der Waals surface area contributed by atoms with Crippen molar-refractivity contribution in [3.8, 4) is 17.0 Å². The Kier molecular flexibility index (Phi) is 13.5. The molecule has 5 amide bonds. The van der Waals surface area contributed by atoms with Gasteiger partial charge < -0.3 is 24.8 Å². The Morgan fingerprint density at radius 2 is 1.56 bits per heavy atom. The third kappa shape index (κ3) is 10.5. The van der Waals surface area contributed by atoms with Crippen LogP contribution in [-0.2, 0) is 14.4 Å². The molecule has 0 spiro atoms. The number of ether oxygens (including phenoxy) is 1. The number of halogens is 2. The summed E-state index contributed by atoms with van der Waals surface area (Å²) < 4.78 is 6.24. The number of rotatable bonds is 14. The van der Waals surface area contributed by atoms with Crippen LogP contribution in [0.2, 0.25) is 10.0 Å². The van der Waals surface area contributed by atoms with E-state index < -0.39 is 17.6 Å². The average Bonchev–Trinajstić information content (AvgIpc) is 3.71. The van der Waals surface area contributed by atoms with Crippen molar-refractivity contribution >= 4 is 75.1 Å². The Morgan fingerprint density at radius 3 is 2.25 bits per heavy atom. The molecule has 2 aromatic carbocycles. The minimum Gasteiger partial charge on any atom is -0.486 e. The molecule has 64 heavy (non-hydrogen) atoms. The summed E-state index contributed by atoms with van der Waals surface area (Å²) in [5, 5.41) is 14.9. The van der Waals surface area contributed by atoms with Crippen molar-refractivity contribution < 1.29 is 23.9 Å². The standard InChI is InChI=1S/C46H53Cl2N11O5/c1-30(43-36(47)27-49-28-37(43)48)64-34-9-10-38-35(24-34)44(54-53-38)31-4-11-39(50-26-31)57-20-22-58(23-21-57)42(62)25-46(2,3)29-51-40(60)12-14-55-16-18-56(19-17-55)32-5-7-33(8-6-32)59-15-13-41(61)52-45(59)63/h4-11,24,26-28,30H,12-23,25,29H2,1-3H3,(H,51,60)(H,53,54)(H,52,61,63)/t30-/m1/s1. The van der Waals surface area contributed by atoms with Gasteiger partial charge in [0.2, 0.25) is 17.7 Å². The van der Waals surface area contributed by atoms with Gasteiger partial charge in [0.25, 0.3) is 0 Å². The third-order valence-electron chi connectivity index (χ3n) is 12.1. The minimum atomic E-state index is -0.406. The van der Waals surface area contributed by atoms with Crippen molar-refractivity contribution in [2.24, 2.45) is 5.41 Å². The smallest absolute Gasteiger partial charge is 0.328 e. The molecule has 3 aliphatic heterocycles. The number of pyridine rings is 2. The Balaban J connectivity index is 0.746. The molecule has 0 bridgehead atoms. The fourth-order valence-corrected chi connectivity index (χ4v) is 9.08. The molecule has 3 aromatic heterocycles. The van der Waals surface area contributed by atoms with Crippen LogP contribution in [-0.4, -0.2) is 126 Å². The molecule has 3 fully saturated rings.